The Morgan fingerprint density at radius 2 is 2.12 bits per heavy atom. The maximum atomic E-state index is 11.3. The van der Waals surface area contributed by atoms with Crippen molar-refractivity contribution in [2.24, 2.45) is 0 Å². The van der Waals surface area contributed by atoms with Gasteiger partial charge in [-0.25, -0.2) is 0 Å². The van der Waals surface area contributed by atoms with Crippen molar-refractivity contribution in [2.75, 3.05) is 6.61 Å². The summed E-state index contributed by atoms with van der Waals surface area (Å²) in [4.78, 5) is 12.6. The van der Waals surface area contributed by atoms with Crippen LogP contribution in [0.2, 0.25) is 25.7 Å². The molecule has 1 aromatic heterocycles. The van der Waals surface area contributed by atoms with Crippen LogP contribution >= 0.6 is 0 Å². The summed E-state index contributed by atoms with van der Waals surface area (Å²) in [6, 6.07) is 1.10. The van der Waals surface area contributed by atoms with E-state index in [-0.39, 0.29) is 18.3 Å². The van der Waals surface area contributed by atoms with Crippen molar-refractivity contribution < 1.29 is 9.53 Å². The molecule has 0 N–H and O–H groups in total. The van der Waals surface area contributed by atoms with Crippen molar-refractivity contribution in [1.29, 1.82) is 0 Å². The normalized spacial score (nSPS) is 11.8. The second-order valence-electron chi connectivity index (χ2n) is 5.11. The minimum Gasteiger partial charge on any atom is -0.358 e. The van der Waals surface area contributed by atoms with Gasteiger partial charge < -0.3 is 4.74 Å². The molecular formula is C10H20N4O2Si. The summed E-state index contributed by atoms with van der Waals surface area (Å²) >= 11 is 0. The Kier molecular flexibility index (Phi) is 4.95. The Morgan fingerprint density at radius 3 is 2.71 bits per heavy atom. The SMILES string of the molecule is CCC(=O)c1nnn(COCC[Si](C)(C)C)n1. The Labute approximate surface area is 102 Å². The number of nitrogens with zero attached hydrogens (tertiary/aromatic N) is 4. The number of carbonyl (C=O) groups excluding carboxylic acids is 1. The summed E-state index contributed by atoms with van der Waals surface area (Å²) in [6.07, 6.45) is 0.391. The molecule has 96 valence electrons. The van der Waals surface area contributed by atoms with Crippen molar-refractivity contribution in [3.8, 4) is 0 Å². The molecule has 1 rings (SSSR count). The first kappa shape index (κ1) is 14.0. The van der Waals surface area contributed by atoms with E-state index in [2.05, 4.69) is 35.1 Å². The zero-order valence-electron chi connectivity index (χ0n) is 10.9. The third kappa shape index (κ3) is 5.18. The van der Waals surface area contributed by atoms with Crippen LogP contribution in [-0.2, 0) is 11.5 Å². The first-order valence-electron chi connectivity index (χ1n) is 5.81. The van der Waals surface area contributed by atoms with Gasteiger partial charge in [0.05, 0.1) is 0 Å². The summed E-state index contributed by atoms with van der Waals surface area (Å²) in [5.74, 6) is 0.0691. The van der Waals surface area contributed by atoms with Gasteiger partial charge in [0, 0.05) is 21.1 Å². The minimum absolute atomic E-state index is 0.0988. The third-order valence-corrected chi connectivity index (χ3v) is 3.93. The van der Waals surface area contributed by atoms with Gasteiger partial charge in [-0.15, -0.1) is 15.0 Å². The van der Waals surface area contributed by atoms with Crippen LogP contribution in [0.5, 0.6) is 0 Å². The van der Waals surface area contributed by atoms with Gasteiger partial charge in [0.1, 0.15) is 0 Å². The number of ketones is 1. The van der Waals surface area contributed by atoms with Crippen LogP contribution in [0.25, 0.3) is 0 Å². The maximum absolute atomic E-state index is 11.3. The fourth-order valence-corrected chi connectivity index (χ4v) is 1.85. The second-order valence-corrected chi connectivity index (χ2v) is 10.7. The number of hydrogen-bond acceptors (Lipinski definition) is 5. The fraction of sp³-hybridized carbons (Fsp3) is 0.800. The average Bonchev–Trinajstić information content (AvgIpc) is 2.70. The first-order chi connectivity index (χ1) is 7.92. The molecule has 7 heteroatoms. The molecular weight excluding hydrogens is 236 g/mol. The lowest BCUT2D eigenvalue weighted by Gasteiger charge is -2.14. The largest absolute Gasteiger partial charge is 0.358 e. The molecule has 0 spiro atoms. The van der Waals surface area contributed by atoms with E-state index in [1.165, 1.54) is 4.80 Å². The molecule has 0 atom stereocenters. The highest BCUT2D eigenvalue weighted by Crippen LogP contribution is 2.07. The minimum atomic E-state index is -1.06. The van der Waals surface area contributed by atoms with Crippen LogP contribution in [0, 0.1) is 0 Å². The zero-order chi connectivity index (χ0) is 12.9. The molecule has 6 nitrogen and oxygen atoms in total. The topological polar surface area (TPSA) is 69.9 Å². The Bertz CT molecular complexity index is 373. The van der Waals surface area contributed by atoms with Crippen molar-refractivity contribution in [2.45, 2.75) is 45.8 Å². The van der Waals surface area contributed by atoms with Crippen molar-refractivity contribution in [3.63, 3.8) is 0 Å². The van der Waals surface area contributed by atoms with Gasteiger partial charge in [-0.1, -0.05) is 26.6 Å². The molecule has 0 aliphatic rings. The highest BCUT2D eigenvalue weighted by atomic mass is 28.3. The van der Waals surface area contributed by atoms with Gasteiger partial charge in [0.25, 0.3) is 0 Å². The molecule has 0 fully saturated rings. The number of tetrazole rings is 1. The molecule has 0 aromatic carbocycles. The molecule has 0 saturated carbocycles. The molecule has 0 bridgehead atoms. The highest BCUT2D eigenvalue weighted by molar-refractivity contribution is 6.76. The van der Waals surface area contributed by atoms with E-state index in [4.69, 9.17) is 4.74 Å². The molecule has 0 saturated heterocycles. The van der Waals surface area contributed by atoms with Crippen molar-refractivity contribution in [1.82, 2.24) is 20.2 Å². The van der Waals surface area contributed by atoms with Gasteiger partial charge in [-0.3, -0.25) is 4.79 Å². The van der Waals surface area contributed by atoms with E-state index in [0.29, 0.717) is 13.0 Å². The molecule has 0 aliphatic carbocycles. The van der Waals surface area contributed by atoms with E-state index >= 15 is 0 Å². The maximum Gasteiger partial charge on any atom is 0.240 e. The fourth-order valence-electron chi connectivity index (χ4n) is 1.09. The van der Waals surface area contributed by atoms with Crippen molar-refractivity contribution in [3.05, 3.63) is 5.82 Å². The van der Waals surface area contributed by atoms with E-state index < -0.39 is 8.07 Å². The summed E-state index contributed by atoms with van der Waals surface area (Å²) in [5, 5.41) is 11.4. The lowest BCUT2D eigenvalue weighted by molar-refractivity contribution is 0.0670. The highest BCUT2D eigenvalue weighted by Gasteiger charge is 2.13. The van der Waals surface area contributed by atoms with Crippen LogP contribution in [0.3, 0.4) is 0 Å². The van der Waals surface area contributed by atoms with Crippen LogP contribution in [0.15, 0.2) is 0 Å². The molecule has 0 unspecified atom stereocenters. The van der Waals surface area contributed by atoms with E-state index in [1.54, 1.807) is 6.92 Å². The van der Waals surface area contributed by atoms with Gasteiger partial charge in [-0.2, -0.15) is 0 Å². The first-order valence-corrected chi connectivity index (χ1v) is 9.52. The van der Waals surface area contributed by atoms with Crippen molar-refractivity contribution >= 4 is 13.9 Å². The average molecular weight is 256 g/mol. The number of aromatic nitrogens is 4. The van der Waals surface area contributed by atoms with Gasteiger partial charge in [-0.05, 0) is 11.3 Å². The van der Waals surface area contributed by atoms with E-state index in [1.807, 2.05) is 0 Å². The van der Waals surface area contributed by atoms with Crippen LogP contribution in [-0.4, -0.2) is 40.7 Å². The Morgan fingerprint density at radius 1 is 1.41 bits per heavy atom. The van der Waals surface area contributed by atoms with Gasteiger partial charge in [0.15, 0.2) is 6.73 Å². The van der Waals surface area contributed by atoms with Crippen LogP contribution in [0.4, 0.5) is 0 Å². The quantitative estimate of drug-likeness (QED) is 0.421. The molecule has 1 aromatic rings. The molecule has 17 heavy (non-hydrogen) atoms. The van der Waals surface area contributed by atoms with Gasteiger partial charge >= 0.3 is 0 Å². The summed E-state index contributed by atoms with van der Waals surface area (Å²) in [6.45, 7) is 9.61. The molecule has 0 radical (unpaired) electrons. The van der Waals surface area contributed by atoms with Crippen LogP contribution < -0.4 is 0 Å². The summed E-state index contributed by atoms with van der Waals surface area (Å²) < 4.78 is 5.44. The smallest absolute Gasteiger partial charge is 0.240 e. The van der Waals surface area contributed by atoms with Gasteiger partial charge in [0.2, 0.25) is 11.6 Å². The molecule has 0 amide bonds. The lowest BCUT2D eigenvalue weighted by Crippen LogP contribution is -2.22. The predicted octanol–water partition coefficient (Wildman–Crippen LogP) is 1.58. The Hall–Kier alpha value is -1.08. The number of ether oxygens (including phenoxy) is 1. The van der Waals surface area contributed by atoms with E-state index in [9.17, 15) is 4.79 Å². The predicted molar refractivity (Wildman–Crippen MR) is 66.5 cm³/mol. The number of rotatable bonds is 7. The number of Topliss-reactive ketones (excluding diaryl/α,β-unsaturated/α-hetero) is 1. The number of hydrogen-bond donors (Lipinski definition) is 0. The Balaban J connectivity index is 2.33. The summed E-state index contributed by atoms with van der Waals surface area (Å²) in [5.41, 5.74) is 0. The van der Waals surface area contributed by atoms with E-state index in [0.717, 1.165) is 6.04 Å². The molecule has 0 aliphatic heterocycles. The molecule has 1 heterocycles. The third-order valence-electron chi connectivity index (χ3n) is 2.23. The summed E-state index contributed by atoms with van der Waals surface area (Å²) in [7, 11) is -1.06. The standard InChI is InChI=1S/C10H20N4O2Si/c1-5-9(15)10-11-13-14(12-10)8-16-6-7-17(2,3)4/h5-8H2,1-4H3. The second kappa shape index (κ2) is 6.01. The van der Waals surface area contributed by atoms with Crippen LogP contribution in [0.1, 0.15) is 24.0 Å². The number of carbonyl (C=O) groups is 1. The monoisotopic (exact) mass is 256 g/mol. The lowest BCUT2D eigenvalue weighted by atomic mass is 10.3. The zero-order valence-corrected chi connectivity index (χ0v) is 11.9.